The second kappa shape index (κ2) is 35.3. The molecule has 21 heteroatoms. The minimum absolute atomic E-state index is 0.0239. The molecule has 540 valence electrons. The Kier molecular flexibility index (Phi) is 31.1. The first-order valence-electron chi connectivity index (χ1n) is 33.2. The van der Waals surface area contributed by atoms with Gasteiger partial charge in [0, 0.05) is 24.3 Å². The summed E-state index contributed by atoms with van der Waals surface area (Å²) in [7, 11) is 0. The van der Waals surface area contributed by atoms with Crippen LogP contribution in [0.25, 0.3) is 0 Å². The highest BCUT2D eigenvalue weighted by Crippen LogP contribution is 2.43. The molecule has 97 heavy (non-hydrogen) atoms. The first kappa shape index (κ1) is 85.5. The van der Waals surface area contributed by atoms with Gasteiger partial charge in [-0.25, -0.2) is 19.2 Å². The number of cyclic esters (lactones) is 14. The van der Waals surface area contributed by atoms with Crippen molar-refractivity contribution in [3.63, 3.8) is 0 Å². The number of carbonyl (C=O) groups excluding carboxylic acids is 14. The van der Waals surface area contributed by atoms with Gasteiger partial charge in [0.2, 0.25) is 0 Å². The van der Waals surface area contributed by atoms with Crippen LogP contribution in [-0.4, -0.2) is 83.6 Å². The lowest BCUT2D eigenvalue weighted by Gasteiger charge is -2.33. The van der Waals surface area contributed by atoms with E-state index in [1.165, 1.54) is 12.0 Å². The highest BCUT2D eigenvalue weighted by Gasteiger charge is 2.41. The van der Waals surface area contributed by atoms with E-state index < -0.39 is 101 Å². The van der Waals surface area contributed by atoms with E-state index in [-0.39, 0.29) is 76.5 Å². The van der Waals surface area contributed by atoms with E-state index in [1.807, 2.05) is 0 Å². The van der Waals surface area contributed by atoms with Crippen molar-refractivity contribution in [2.45, 2.75) is 248 Å². The third-order valence-corrected chi connectivity index (χ3v) is 15.2. The zero-order valence-corrected chi connectivity index (χ0v) is 61.7. The van der Waals surface area contributed by atoms with Gasteiger partial charge in [-0.15, -0.1) is 6.58 Å². The molecule has 5 unspecified atom stereocenters. The van der Waals surface area contributed by atoms with Gasteiger partial charge >= 0.3 is 83.6 Å². The van der Waals surface area contributed by atoms with E-state index in [2.05, 4.69) is 198 Å². The largest absolute Gasteiger partial charge is 0.393 e. The van der Waals surface area contributed by atoms with Gasteiger partial charge < -0.3 is 33.2 Å². The summed E-state index contributed by atoms with van der Waals surface area (Å²) in [6, 6.07) is 0. The van der Waals surface area contributed by atoms with Gasteiger partial charge in [-0.3, -0.25) is 47.9 Å². The van der Waals surface area contributed by atoms with Crippen molar-refractivity contribution in [2.24, 2.45) is 72.9 Å². The van der Waals surface area contributed by atoms with E-state index in [1.54, 1.807) is 6.08 Å². The van der Waals surface area contributed by atoms with Crippen LogP contribution in [0.1, 0.15) is 248 Å². The fourth-order valence-corrected chi connectivity index (χ4v) is 14.6. The van der Waals surface area contributed by atoms with Crippen LogP contribution in [0.2, 0.25) is 0 Å². The van der Waals surface area contributed by atoms with Gasteiger partial charge in [0.1, 0.15) is 0 Å². The predicted molar refractivity (Wildman–Crippen MR) is 360 cm³/mol. The van der Waals surface area contributed by atoms with Crippen molar-refractivity contribution in [3.05, 3.63) is 71.9 Å². The Bertz CT molecular complexity index is 3030. The lowest BCUT2D eigenvalue weighted by molar-refractivity contribution is -0.155. The maximum Gasteiger partial charge on any atom is 0.338 e. The summed E-state index contributed by atoms with van der Waals surface area (Å²) in [6.07, 6.45) is 17.1. The molecule has 0 bridgehead atoms. The van der Waals surface area contributed by atoms with Crippen LogP contribution >= 0.6 is 0 Å². The number of ether oxygens (including phenoxy) is 7. The Balaban J connectivity index is 0.000000421. The summed E-state index contributed by atoms with van der Waals surface area (Å²) < 4.78 is 31.1. The lowest BCUT2D eigenvalue weighted by atomic mass is 9.72. The maximum absolute atomic E-state index is 11.9. The third kappa shape index (κ3) is 36.5. The van der Waals surface area contributed by atoms with E-state index in [0.717, 1.165) is 73.1 Å². The average Bonchev–Trinajstić information content (AvgIpc) is 1.82. The Hall–Kier alpha value is -7.58. The molecule has 0 aliphatic carbocycles. The summed E-state index contributed by atoms with van der Waals surface area (Å²) in [6.45, 7) is 54.3. The van der Waals surface area contributed by atoms with Crippen LogP contribution in [0, 0.1) is 72.9 Å². The fourth-order valence-electron chi connectivity index (χ4n) is 14.6. The molecular formula is C76H110O21. The molecule has 0 saturated carbocycles. The molecule has 0 aromatic carbocycles. The Labute approximate surface area is 574 Å². The minimum atomic E-state index is -0.615. The molecule has 5 atom stereocenters. The second-order valence-electron chi connectivity index (χ2n) is 34.6. The van der Waals surface area contributed by atoms with Gasteiger partial charge in [0.25, 0.3) is 0 Å². The van der Waals surface area contributed by atoms with E-state index in [9.17, 15) is 67.1 Å². The first-order chi connectivity index (χ1) is 43.9. The zero-order chi connectivity index (χ0) is 74.8. The van der Waals surface area contributed by atoms with Gasteiger partial charge in [0.05, 0.1) is 61.7 Å². The Morgan fingerprint density at radius 1 is 0.361 bits per heavy atom. The van der Waals surface area contributed by atoms with Gasteiger partial charge in [-0.2, -0.15) is 0 Å². The summed E-state index contributed by atoms with van der Waals surface area (Å²) in [5, 5.41) is 0. The number of allylic oxidation sites excluding steroid dienone is 5. The molecule has 0 spiro atoms. The molecule has 0 N–H and O–H groups in total. The zero-order valence-electron chi connectivity index (χ0n) is 61.7. The molecule has 0 aromatic rings. The summed E-state index contributed by atoms with van der Waals surface area (Å²) in [5.41, 5.74) is 5.39. The van der Waals surface area contributed by atoms with Crippen LogP contribution < -0.4 is 0 Å². The molecule has 7 heterocycles. The number of rotatable bonds is 20. The minimum Gasteiger partial charge on any atom is -0.393 e. The van der Waals surface area contributed by atoms with E-state index >= 15 is 0 Å². The first-order valence-corrected chi connectivity index (χ1v) is 33.2. The highest BCUT2D eigenvalue weighted by atomic mass is 16.6. The lowest BCUT2D eigenvalue weighted by Crippen LogP contribution is -2.22. The van der Waals surface area contributed by atoms with Gasteiger partial charge in [0.15, 0.2) is 0 Å². The standard InChI is InChI=1S/2C20H28O6.C16H26O3.C12H24.2C4H2O3/c2*1-19(2,3)11-20(4,5)10-12(6-13-8-15(21)25-17(13)23)7-14-9-16(22)26-18(14)24;1-11(7-12-8-13(17)19-14(12)18)9-16(5,6)10-15(2,3)4;1-10(2)8-12(6,7)9-11(3,4)5;2*5-3-1-2-4(6)7-3/h10,13-14H,6-9,11H2,1-5H3;6,13-14H,7-11H2,1-5H3;12H,1,7-10H2,2-6H3;1,8-9H2,2-7H3;2*1-2H. The number of hydrogen-bond donors (Lipinski definition) is 0. The Morgan fingerprint density at radius 3 is 0.897 bits per heavy atom. The quantitative estimate of drug-likeness (QED) is 0.0473. The topological polar surface area (TPSA) is 304 Å². The molecule has 5 saturated heterocycles. The monoisotopic (exact) mass is 1360 g/mol. The average molecular weight is 1360 g/mol. The third-order valence-electron chi connectivity index (χ3n) is 15.2. The maximum atomic E-state index is 11.9. The van der Waals surface area contributed by atoms with Crippen LogP contribution in [0.4, 0.5) is 0 Å². The Morgan fingerprint density at radius 2 is 0.639 bits per heavy atom. The van der Waals surface area contributed by atoms with Crippen molar-refractivity contribution in [1.29, 1.82) is 0 Å². The number of esters is 14. The van der Waals surface area contributed by atoms with Crippen LogP contribution in [0.15, 0.2) is 71.9 Å². The number of hydrogen-bond acceptors (Lipinski definition) is 21. The molecule has 0 radical (unpaired) electrons. The highest BCUT2D eigenvalue weighted by molar-refractivity contribution is 6.05. The molecule has 21 nitrogen and oxygen atoms in total. The molecule has 0 aromatic heterocycles. The second-order valence-corrected chi connectivity index (χ2v) is 34.6. The van der Waals surface area contributed by atoms with Crippen molar-refractivity contribution < 1.29 is 100 Å². The van der Waals surface area contributed by atoms with Gasteiger partial charge in [-0.1, -0.05) is 179 Å². The molecular weight excluding hydrogens is 1250 g/mol. The normalized spacial score (nSPS) is 21.3. The van der Waals surface area contributed by atoms with Crippen LogP contribution in [-0.2, 0) is 100 Å². The molecule has 7 aliphatic rings. The van der Waals surface area contributed by atoms with Crippen molar-refractivity contribution in [2.75, 3.05) is 0 Å². The summed E-state index contributed by atoms with van der Waals surface area (Å²) in [5.74, 6) is -9.75. The molecule has 0 amide bonds. The molecule has 5 fully saturated rings. The van der Waals surface area contributed by atoms with Crippen molar-refractivity contribution in [1.82, 2.24) is 0 Å². The van der Waals surface area contributed by atoms with Crippen molar-refractivity contribution >= 4 is 83.6 Å². The van der Waals surface area contributed by atoms with Gasteiger partial charge in [-0.05, 0) is 121 Å². The SMILES string of the molecule is C=C(C)CC(C)(C)CC(C)(C)C.C=C(CC1CC(=O)OC1=O)CC(C)(C)CC(C)(C)C.CC(C)(C)CC(C)(C)C=C(CC1CC(=O)OC1=O)CC1CC(=O)OC1=O.CC(C)(C)CC(C)(C)CC(=CC1CC(=O)OC1=O)CC1CC(=O)OC1=O.O=C1C=CC(=O)O1.O=C1C=CC(=O)O1. The van der Waals surface area contributed by atoms with Crippen LogP contribution in [0.3, 0.4) is 0 Å². The van der Waals surface area contributed by atoms with Crippen molar-refractivity contribution in [3.8, 4) is 0 Å². The predicted octanol–water partition coefficient (Wildman–Crippen LogP) is 14.2. The summed E-state index contributed by atoms with van der Waals surface area (Å²) in [4.78, 5) is 155. The van der Waals surface area contributed by atoms with Crippen LogP contribution in [0.5, 0.6) is 0 Å². The fraction of sp³-hybridized carbons (Fsp3) is 0.658. The van der Waals surface area contributed by atoms with E-state index in [0.29, 0.717) is 42.9 Å². The molecule has 7 aliphatic heterocycles. The smallest absolute Gasteiger partial charge is 0.338 e. The summed E-state index contributed by atoms with van der Waals surface area (Å²) >= 11 is 0. The number of carbonyl (C=O) groups is 14. The van der Waals surface area contributed by atoms with E-state index in [4.69, 9.17) is 0 Å². The molecule has 7 rings (SSSR count).